The lowest BCUT2D eigenvalue weighted by molar-refractivity contribution is 0.101. The van der Waals surface area contributed by atoms with Crippen molar-refractivity contribution in [3.8, 4) is 5.75 Å². The Balaban J connectivity index is 1.17. The lowest BCUT2D eigenvalue weighted by atomic mass is 9.64. The SMILES string of the molecule is COc1cc2cc(c1)C(=O)Nc1c(C)cc(cc1C)C1(CCCCC1)c1cc(C)c(c(C)c1)NS(=O)(=O)c1cccc(c1)C(=O)Nc1c(C)cc(cc1C)C1(CCCCC1)c1cc(C)c(c(C)c1)NC2=O. The molecule has 6 aromatic rings. The standard InChI is InChI=1S/C60H66N4O6S/c1-35-23-46-24-36(2)52(35)61-56(65)43-17-16-18-51(34-43)71(68,69)64-55-41(7)29-49(30-42(55)8)60(21-14-11-15-22-60)48-27-39(5)54(40(6)28-48)63-58(67)45-31-44(32-50(33-45)70-9)57(66)62-53-37(3)25-47(26-38(53)4)59(46)19-12-10-13-20-59/h16-18,23-34,64H,10-15,19-22H2,1-9H3,(H,61,65)(H,62,66)(H,63,67). The fourth-order valence-electron chi connectivity index (χ4n) is 12.0. The molecule has 368 valence electrons. The molecule has 71 heavy (non-hydrogen) atoms. The van der Waals surface area contributed by atoms with Crippen LogP contribution >= 0.6 is 0 Å². The van der Waals surface area contributed by atoms with Crippen LogP contribution in [0.4, 0.5) is 22.7 Å². The van der Waals surface area contributed by atoms with E-state index in [1.807, 2.05) is 55.4 Å². The molecule has 0 atom stereocenters. The minimum Gasteiger partial charge on any atom is -0.497 e. The van der Waals surface area contributed by atoms with Crippen LogP contribution in [0.15, 0.2) is 95.9 Å². The fraction of sp³-hybridized carbons (Fsp3) is 0.350. The number of ether oxygens (including phenoxy) is 1. The van der Waals surface area contributed by atoms with Gasteiger partial charge in [0.25, 0.3) is 27.7 Å². The summed E-state index contributed by atoms with van der Waals surface area (Å²) in [6.07, 6.45) is 10.2. The molecule has 2 fully saturated rings. The molecule has 2 aliphatic carbocycles. The second kappa shape index (κ2) is 19.1. The lowest BCUT2D eigenvalue weighted by Gasteiger charge is -2.40. The van der Waals surface area contributed by atoms with E-state index in [-0.39, 0.29) is 33.1 Å². The van der Waals surface area contributed by atoms with Gasteiger partial charge in [-0.15, -0.1) is 0 Å². The topological polar surface area (TPSA) is 143 Å². The highest BCUT2D eigenvalue weighted by molar-refractivity contribution is 7.92. The molecule has 11 heteroatoms. The maximum Gasteiger partial charge on any atom is 0.261 e. The van der Waals surface area contributed by atoms with Gasteiger partial charge in [-0.05, 0) is 184 Å². The molecule has 2 saturated carbocycles. The summed E-state index contributed by atoms with van der Waals surface area (Å²) >= 11 is 0. The molecule has 15 rings (SSSR count). The fourth-order valence-corrected chi connectivity index (χ4v) is 13.3. The number of sulfonamides is 1. The van der Waals surface area contributed by atoms with Gasteiger partial charge in [-0.2, -0.15) is 0 Å². The molecule has 0 aromatic heterocycles. The van der Waals surface area contributed by atoms with E-state index >= 15 is 0 Å². The van der Waals surface area contributed by atoms with Gasteiger partial charge in [-0.1, -0.05) is 93.1 Å². The summed E-state index contributed by atoms with van der Waals surface area (Å²) in [5.74, 6) is -0.720. The molecule has 0 saturated heterocycles. The van der Waals surface area contributed by atoms with Gasteiger partial charge in [0.15, 0.2) is 0 Å². The Morgan fingerprint density at radius 1 is 0.423 bits per heavy atom. The van der Waals surface area contributed by atoms with Crippen LogP contribution in [-0.2, 0) is 20.9 Å². The average Bonchev–Trinajstić information content (AvgIpc) is 3.35. The second-order valence-electron chi connectivity index (χ2n) is 20.7. The van der Waals surface area contributed by atoms with Gasteiger partial charge in [-0.25, -0.2) is 8.42 Å². The molecule has 0 unspecified atom stereocenters. The van der Waals surface area contributed by atoms with Crippen LogP contribution in [-0.4, -0.2) is 33.2 Å². The van der Waals surface area contributed by atoms with Crippen LogP contribution in [0, 0.1) is 55.4 Å². The Morgan fingerprint density at radius 3 is 1.11 bits per heavy atom. The van der Waals surface area contributed by atoms with Crippen LogP contribution in [0.1, 0.15) is 162 Å². The highest BCUT2D eigenvalue weighted by atomic mass is 32.2. The van der Waals surface area contributed by atoms with E-state index in [0.717, 1.165) is 120 Å². The van der Waals surface area contributed by atoms with Crippen molar-refractivity contribution in [1.29, 1.82) is 0 Å². The van der Waals surface area contributed by atoms with Gasteiger partial charge in [0.05, 0.1) is 17.7 Å². The van der Waals surface area contributed by atoms with Gasteiger partial charge in [0.2, 0.25) is 0 Å². The zero-order valence-electron chi connectivity index (χ0n) is 42.6. The first-order chi connectivity index (χ1) is 33.8. The van der Waals surface area contributed by atoms with Gasteiger partial charge in [-0.3, -0.25) is 19.1 Å². The first kappa shape index (κ1) is 49.3. The third-order valence-electron chi connectivity index (χ3n) is 15.8. The third-order valence-corrected chi connectivity index (χ3v) is 17.1. The highest BCUT2D eigenvalue weighted by Crippen LogP contribution is 2.49. The first-order valence-corrected chi connectivity index (χ1v) is 26.5. The number of carbonyl (C=O) groups is 3. The summed E-state index contributed by atoms with van der Waals surface area (Å²) in [5.41, 5.74) is 14.5. The number of aryl methyl sites for hydroxylation is 8. The smallest absolute Gasteiger partial charge is 0.261 e. The van der Waals surface area contributed by atoms with Crippen LogP contribution in [0.5, 0.6) is 5.75 Å². The maximum absolute atomic E-state index is 14.3. The van der Waals surface area contributed by atoms with Gasteiger partial charge >= 0.3 is 0 Å². The van der Waals surface area contributed by atoms with E-state index in [1.165, 1.54) is 30.4 Å². The van der Waals surface area contributed by atoms with Gasteiger partial charge in [0.1, 0.15) is 5.75 Å². The summed E-state index contributed by atoms with van der Waals surface area (Å²) in [6, 6.07) is 28.5. The second-order valence-corrected chi connectivity index (χ2v) is 22.4. The molecule has 7 aliphatic heterocycles. The van der Waals surface area contributed by atoms with E-state index in [0.29, 0.717) is 39.6 Å². The van der Waals surface area contributed by atoms with E-state index in [1.54, 1.807) is 30.3 Å². The third kappa shape index (κ3) is 9.25. The number of amides is 3. The van der Waals surface area contributed by atoms with Gasteiger partial charge in [0, 0.05) is 44.6 Å². The number of nitrogens with one attached hydrogen (secondary N) is 4. The maximum atomic E-state index is 14.3. The molecular formula is C60H66N4O6S. The molecule has 3 amide bonds. The normalized spacial score (nSPS) is 17.5. The van der Waals surface area contributed by atoms with Crippen LogP contribution in [0.2, 0.25) is 0 Å². The Morgan fingerprint density at radius 2 is 0.761 bits per heavy atom. The lowest BCUT2D eigenvalue weighted by Crippen LogP contribution is -2.31. The summed E-state index contributed by atoms with van der Waals surface area (Å²) in [4.78, 5) is 42.6. The van der Waals surface area contributed by atoms with E-state index in [9.17, 15) is 22.8 Å². The van der Waals surface area contributed by atoms with E-state index < -0.39 is 15.9 Å². The summed E-state index contributed by atoms with van der Waals surface area (Å²) in [6.45, 7) is 16.0. The number of carbonyl (C=O) groups excluding carboxylic acids is 3. The molecule has 12 bridgehead atoms. The monoisotopic (exact) mass is 970 g/mol. The number of rotatable bonds is 1. The predicted molar refractivity (Wildman–Crippen MR) is 285 cm³/mol. The highest BCUT2D eigenvalue weighted by Gasteiger charge is 2.39. The number of hydrogen-bond acceptors (Lipinski definition) is 6. The van der Waals surface area contributed by atoms with Gasteiger partial charge < -0.3 is 20.7 Å². The Hall–Kier alpha value is -6.72. The van der Waals surface area contributed by atoms with Crippen molar-refractivity contribution in [2.75, 3.05) is 27.8 Å². The number of hydrogen-bond donors (Lipinski definition) is 4. The average molecular weight is 971 g/mol. The van der Waals surface area contributed by atoms with E-state index in [2.05, 4.69) is 69.2 Å². The molecule has 4 N–H and O–H groups in total. The van der Waals surface area contributed by atoms with Crippen molar-refractivity contribution >= 4 is 50.5 Å². The zero-order chi connectivity index (χ0) is 50.6. The van der Waals surface area contributed by atoms with Crippen molar-refractivity contribution in [2.24, 2.45) is 0 Å². The minimum atomic E-state index is -4.11. The summed E-state index contributed by atoms with van der Waals surface area (Å²) in [5, 5.41) is 9.51. The largest absolute Gasteiger partial charge is 0.497 e. The molecule has 2 spiro atoms. The zero-order valence-corrected chi connectivity index (χ0v) is 43.4. The Kier molecular flexibility index (Phi) is 13.3. The molecule has 7 heterocycles. The van der Waals surface area contributed by atoms with Crippen LogP contribution in [0.3, 0.4) is 0 Å². The number of benzene rings is 6. The summed E-state index contributed by atoms with van der Waals surface area (Å²) in [7, 11) is -2.59. The quantitative estimate of drug-likeness (QED) is 0.129. The molecule has 9 aliphatic rings. The molecule has 10 nitrogen and oxygen atoms in total. The molecule has 6 aromatic carbocycles. The van der Waals surface area contributed by atoms with Crippen molar-refractivity contribution in [3.05, 3.63) is 174 Å². The van der Waals surface area contributed by atoms with Crippen molar-refractivity contribution in [2.45, 2.75) is 135 Å². The van der Waals surface area contributed by atoms with Crippen LogP contribution < -0.4 is 25.4 Å². The first-order valence-electron chi connectivity index (χ1n) is 25.1. The minimum absolute atomic E-state index is 0.00746. The van der Waals surface area contributed by atoms with E-state index in [4.69, 9.17) is 4.74 Å². The van der Waals surface area contributed by atoms with Crippen molar-refractivity contribution < 1.29 is 27.5 Å². The summed E-state index contributed by atoms with van der Waals surface area (Å²) < 4.78 is 37.1. The molecular weight excluding hydrogens is 905 g/mol. The molecule has 0 radical (unpaired) electrons. The predicted octanol–water partition coefficient (Wildman–Crippen LogP) is 13.5. The number of anilines is 4. The van der Waals surface area contributed by atoms with Crippen molar-refractivity contribution in [1.82, 2.24) is 0 Å². The Labute approximate surface area is 419 Å². The van der Waals surface area contributed by atoms with Crippen molar-refractivity contribution in [3.63, 3.8) is 0 Å². The van der Waals surface area contributed by atoms with Crippen LogP contribution in [0.25, 0.3) is 0 Å². The number of methoxy groups -OCH3 is 1. The Bertz CT molecular complexity index is 3180.